The van der Waals surface area contributed by atoms with E-state index in [2.05, 4.69) is 64.0 Å². The Morgan fingerprint density at radius 1 is 1.29 bits per heavy atom. The molecule has 2 aromatic heterocycles. The van der Waals surface area contributed by atoms with Crippen LogP contribution < -0.4 is 0 Å². The van der Waals surface area contributed by atoms with Crippen LogP contribution in [-0.4, -0.2) is 14.5 Å². The second kappa shape index (κ2) is 5.73. The number of rotatable bonds is 3. The second-order valence-corrected chi connectivity index (χ2v) is 6.74. The Kier molecular flexibility index (Phi) is 3.95. The molecular weight excluding hydrogens is 346 g/mol. The number of H-pyrrole nitrogens is 1. The van der Waals surface area contributed by atoms with Crippen LogP contribution in [0, 0.1) is 4.77 Å². The van der Waals surface area contributed by atoms with Crippen molar-refractivity contribution in [1.82, 2.24) is 14.5 Å². The molecule has 1 N–H and O–H groups in total. The summed E-state index contributed by atoms with van der Waals surface area (Å²) in [5, 5.41) is 0. The van der Waals surface area contributed by atoms with Crippen LogP contribution in [0.1, 0.15) is 30.9 Å². The van der Waals surface area contributed by atoms with Crippen LogP contribution in [0.3, 0.4) is 0 Å². The molecule has 0 bridgehead atoms. The van der Waals surface area contributed by atoms with E-state index >= 15 is 0 Å². The number of aromatic amines is 1. The highest BCUT2D eigenvalue weighted by Gasteiger charge is 2.07. The van der Waals surface area contributed by atoms with E-state index in [9.17, 15) is 0 Å². The van der Waals surface area contributed by atoms with Gasteiger partial charge in [0.15, 0.2) is 10.4 Å². The molecule has 0 saturated heterocycles. The molecule has 0 saturated carbocycles. The zero-order valence-electron chi connectivity index (χ0n) is 11.9. The SMILES string of the molecule is CC(C)c1ccc(Cn2c(=S)[nH]c3cc(Br)cnc32)cc1. The van der Waals surface area contributed by atoms with Crippen LogP contribution in [-0.2, 0) is 6.54 Å². The molecule has 0 fully saturated rings. The number of nitrogens with zero attached hydrogens (tertiary/aromatic N) is 2. The van der Waals surface area contributed by atoms with E-state index in [0.717, 1.165) is 22.2 Å². The Labute approximate surface area is 137 Å². The highest BCUT2D eigenvalue weighted by molar-refractivity contribution is 9.10. The van der Waals surface area contributed by atoms with Gasteiger partial charge >= 0.3 is 0 Å². The number of halogens is 1. The van der Waals surface area contributed by atoms with Gasteiger partial charge in [0.2, 0.25) is 0 Å². The highest BCUT2D eigenvalue weighted by Crippen LogP contribution is 2.19. The summed E-state index contributed by atoms with van der Waals surface area (Å²) in [5.41, 5.74) is 4.41. The van der Waals surface area contributed by atoms with Crippen LogP contribution in [0.4, 0.5) is 0 Å². The molecule has 3 aromatic rings. The van der Waals surface area contributed by atoms with Crippen molar-refractivity contribution in [2.45, 2.75) is 26.3 Å². The number of hydrogen-bond acceptors (Lipinski definition) is 2. The first-order chi connectivity index (χ1) is 10.0. The summed E-state index contributed by atoms with van der Waals surface area (Å²) < 4.78 is 3.67. The summed E-state index contributed by atoms with van der Waals surface area (Å²) in [6.45, 7) is 5.13. The molecule has 0 aliphatic rings. The normalized spacial score (nSPS) is 11.4. The largest absolute Gasteiger partial charge is 0.329 e. The fourth-order valence-electron chi connectivity index (χ4n) is 2.36. The van der Waals surface area contributed by atoms with E-state index in [1.165, 1.54) is 11.1 Å². The smallest absolute Gasteiger partial charge is 0.179 e. The fraction of sp³-hybridized carbons (Fsp3) is 0.250. The van der Waals surface area contributed by atoms with Gasteiger partial charge in [-0.2, -0.15) is 0 Å². The fourth-order valence-corrected chi connectivity index (χ4v) is 2.95. The summed E-state index contributed by atoms with van der Waals surface area (Å²) in [5.74, 6) is 0.549. The predicted molar refractivity (Wildman–Crippen MR) is 92.3 cm³/mol. The monoisotopic (exact) mass is 361 g/mol. The second-order valence-electron chi connectivity index (χ2n) is 5.44. The maximum atomic E-state index is 5.41. The standard InChI is InChI=1S/C16H16BrN3S/c1-10(2)12-5-3-11(4-6-12)9-20-15-14(19-16(20)21)7-13(17)8-18-15/h3-8,10H,9H2,1-2H3,(H,19,21). The van der Waals surface area contributed by atoms with Gasteiger partial charge in [0.05, 0.1) is 12.1 Å². The van der Waals surface area contributed by atoms with Gasteiger partial charge < -0.3 is 4.98 Å². The molecule has 3 rings (SSSR count). The van der Waals surface area contributed by atoms with Crippen molar-refractivity contribution in [3.63, 3.8) is 0 Å². The topological polar surface area (TPSA) is 33.6 Å². The van der Waals surface area contributed by atoms with Gasteiger partial charge in [-0.15, -0.1) is 0 Å². The summed E-state index contributed by atoms with van der Waals surface area (Å²) >= 11 is 8.84. The zero-order chi connectivity index (χ0) is 15.0. The highest BCUT2D eigenvalue weighted by atomic mass is 79.9. The first kappa shape index (κ1) is 14.5. The molecule has 0 spiro atoms. The van der Waals surface area contributed by atoms with Gasteiger partial charge in [-0.1, -0.05) is 38.1 Å². The molecule has 2 heterocycles. The molecular formula is C16H16BrN3S. The Balaban J connectivity index is 1.98. The lowest BCUT2D eigenvalue weighted by Gasteiger charge is -2.08. The number of benzene rings is 1. The van der Waals surface area contributed by atoms with Gasteiger partial charge in [-0.3, -0.25) is 4.57 Å². The third kappa shape index (κ3) is 2.94. The number of imidazole rings is 1. The van der Waals surface area contributed by atoms with E-state index in [-0.39, 0.29) is 0 Å². The van der Waals surface area contributed by atoms with Crippen molar-refractivity contribution < 1.29 is 0 Å². The minimum Gasteiger partial charge on any atom is -0.329 e. The van der Waals surface area contributed by atoms with Gasteiger partial charge in [0, 0.05) is 10.7 Å². The lowest BCUT2D eigenvalue weighted by atomic mass is 10.0. The Morgan fingerprint density at radius 3 is 2.67 bits per heavy atom. The van der Waals surface area contributed by atoms with Crippen molar-refractivity contribution >= 4 is 39.3 Å². The average molecular weight is 362 g/mol. The maximum Gasteiger partial charge on any atom is 0.179 e. The predicted octanol–water partition coefficient (Wildman–Crippen LogP) is 5.03. The molecule has 108 valence electrons. The molecule has 0 atom stereocenters. The number of aromatic nitrogens is 3. The van der Waals surface area contributed by atoms with Crippen LogP contribution in [0.15, 0.2) is 41.0 Å². The van der Waals surface area contributed by atoms with E-state index in [0.29, 0.717) is 10.7 Å². The van der Waals surface area contributed by atoms with E-state index in [4.69, 9.17) is 12.2 Å². The van der Waals surface area contributed by atoms with E-state index < -0.39 is 0 Å². The summed E-state index contributed by atoms with van der Waals surface area (Å²) in [6, 6.07) is 10.7. The first-order valence-electron chi connectivity index (χ1n) is 6.87. The zero-order valence-corrected chi connectivity index (χ0v) is 14.3. The van der Waals surface area contributed by atoms with Crippen LogP contribution >= 0.6 is 28.1 Å². The average Bonchev–Trinajstić information content (AvgIpc) is 2.75. The summed E-state index contributed by atoms with van der Waals surface area (Å²) in [6.07, 6.45) is 1.79. The molecule has 0 aliphatic heterocycles. The van der Waals surface area contributed by atoms with Gasteiger partial charge in [0.1, 0.15) is 0 Å². The van der Waals surface area contributed by atoms with E-state index in [1.54, 1.807) is 6.20 Å². The van der Waals surface area contributed by atoms with Crippen LogP contribution in [0.5, 0.6) is 0 Å². The summed E-state index contributed by atoms with van der Waals surface area (Å²) in [4.78, 5) is 7.66. The molecule has 5 heteroatoms. The molecule has 0 radical (unpaired) electrons. The minimum atomic E-state index is 0.549. The number of nitrogens with one attached hydrogen (secondary N) is 1. The van der Waals surface area contributed by atoms with Crippen molar-refractivity contribution in [1.29, 1.82) is 0 Å². The van der Waals surface area contributed by atoms with E-state index in [1.807, 2.05) is 10.6 Å². The number of hydrogen-bond donors (Lipinski definition) is 1. The number of pyridine rings is 1. The summed E-state index contributed by atoms with van der Waals surface area (Å²) in [7, 11) is 0. The lowest BCUT2D eigenvalue weighted by Crippen LogP contribution is -2.01. The van der Waals surface area contributed by atoms with Crippen LogP contribution in [0.2, 0.25) is 0 Å². The Morgan fingerprint density at radius 2 is 2.00 bits per heavy atom. The number of fused-ring (bicyclic) bond motifs is 1. The van der Waals surface area contributed by atoms with Gasteiger partial charge in [-0.05, 0) is 51.3 Å². The third-order valence-corrected chi connectivity index (χ3v) is 4.32. The van der Waals surface area contributed by atoms with Crippen molar-refractivity contribution in [2.24, 2.45) is 0 Å². The van der Waals surface area contributed by atoms with Crippen LogP contribution in [0.25, 0.3) is 11.2 Å². The Hall–Kier alpha value is -1.46. The van der Waals surface area contributed by atoms with Crippen molar-refractivity contribution in [3.8, 4) is 0 Å². The minimum absolute atomic E-state index is 0.549. The third-order valence-electron chi connectivity index (χ3n) is 3.56. The molecule has 1 aromatic carbocycles. The molecule has 21 heavy (non-hydrogen) atoms. The van der Waals surface area contributed by atoms with Crippen molar-refractivity contribution in [2.75, 3.05) is 0 Å². The lowest BCUT2D eigenvalue weighted by molar-refractivity contribution is 0.797. The molecule has 0 amide bonds. The molecule has 0 unspecified atom stereocenters. The Bertz CT molecular complexity index is 831. The molecule has 0 aliphatic carbocycles. The van der Waals surface area contributed by atoms with Gasteiger partial charge in [-0.25, -0.2) is 4.98 Å². The maximum absolute atomic E-state index is 5.41. The molecule has 3 nitrogen and oxygen atoms in total. The first-order valence-corrected chi connectivity index (χ1v) is 8.07. The van der Waals surface area contributed by atoms with Gasteiger partial charge in [0.25, 0.3) is 0 Å². The van der Waals surface area contributed by atoms with Crippen molar-refractivity contribution in [3.05, 3.63) is 56.9 Å². The quantitative estimate of drug-likeness (QED) is 0.663.